The van der Waals surface area contributed by atoms with Crippen LogP contribution in [0, 0.1) is 0 Å². The van der Waals surface area contributed by atoms with Gasteiger partial charge in [0.1, 0.15) is 5.28 Å². The smallest absolute Gasteiger partial charge is 0.336 e. The van der Waals surface area contributed by atoms with Crippen LogP contribution in [0.2, 0.25) is 0 Å². The first-order valence-electron chi connectivity index (χ1n) is 9.71. The van der Waals surface area contributed by atoms with Crippen LogP contribution in [0.25, 0.3) is 0 Å². The van der Waals surface area contributed by atoms with E-state index in [1.165, 1.54) is 25.7 Å². The molecule has 0 aliphatic carbocycles. The van der Waals surface area contributed by atoms with Crippen molar-refractivity contribution in [3.8, 4) is 0 Å². The van der Waals surface area contributed by atoms with E-state index in [1.54, 1.807) is 0 Å². The SMILES string of the molecule is CCCCCCCCC([SiH](OCC)OCC)P(=O)(OCC)OCC. The number of rotatable bonds is 17. The highest BCUT2D eigenvalue weighted by molar-refractivity contribution is 7.57. The Labute approximate surface area is 151 Å². The lowest BCUT2D eigenvalue weighted by Gasteiger charge is -2.30. The third-order valence-electron chi connectivity index (χ3n) is 3.85. The number of hydrogen-bond acceptors (Lipinski definition) is 5. The standard InChI is InChI=1S/C17H39O5PSi/c1-6-11-12-13-14-15-16-17(24(21-9-4)22-10-5)23(18,19-7-2)20-8-3/h17,24H,6-16H2,1-5H3. The van der Waals surface area contributed by atoms with E-state index in [1.807, 2.05) is 27.7 Å². The third-order valence-corrected chi connectivity index (χ3v) is 10.3. The van der Waals surface area contributed by atoms with E-state index >= 15 is 0 Å². The molecule has 0 saturated carbocycles. The summed E-state index contributed by atoms with van der Waals surface area (Å²) in [6.07, 6.45) is 7.99. The van der Waals surface area contributed by atoms with Crippen molar-refractivity contribution in [2.45, 2.75) is 84.8 Å². The number of unbranched alkanes of at least 4 members (excludes halogenated alkanes) is 5. The number of hydrogen-bond donors (Lipinski definition) is 0. The summed E-state index contributed by atoms with van der Waals surface area (Å²) in [7, 11) is -5.31. The van der Waals surface area contributed by atoms with E-state index < -0.39 is 16.9 Å². The summed E-state index contributed by atoms with van der Waals surface area (Å²) in [4.78, 5) is 0. The summed E-state index contributed by atoms with van der Waals surface area (Å²) in [5.41, 5.74) is 0. The van der Waals surface area contributed by atoms with Crippen LogP contribution in [0.5, 0.6) is 0 Å². The molecule has 0 spiro atoms. The van der Waals surface area contributed by atoms with Crippen LogP contribution < -0.4 is 0 Å². The first-order valence-corrected chi connectivity index (χ1v) is 12.9. The summed E-state index contributed by atoms with van der Waals surface area (Å²) < 4.78 is 36.2. The van der Waals surface area contributed by atoms with Gasteiger partial charge in [0.2, 0.25) is 0 Å². The summed E-state index contributed by atoms with van der Waals surface area (Å²) in [6, 6.07) is 0. The zero-order valence-corrected chi connectivity index (χ0v) is 18.5. The molecule has 0 aromatic rings. The van der Waals surface area contributed by atoms with Crippen LogP contribution >= 0.6 is 7.60 Å². The molecule has 0 amide bonds. The Morgan fingerprint density at radius 1 is 0.750 bits per heavy atom. The molecule has 0 aliphatic heterocycles. The van der Waals surface area contributed by atoms with E-state index in [0.29, 0.717) is 26.4 Å². The highest BCUT2D eigenvalue weighted by Crippen LogP contribution is 2.55. The van der Waals surface area contributed by atoms with Gasteiger partial charge in [0, 0.05) is 13.2 Å². The van der Waals surface area contributed by atoms with Crippen LogP contribution in [0.3, 0.4) is 0 Å². The first-order chi connectivity index (χ1) is 11.6. The van der Waals surface area contributed by atoms with Crippen molar-refractivity contribution in [2.24, 2.45) is 0 Å². The zero-order valence-electron chi connectivity index (χ0n) is 16.4. The Bertz CT molecular complexity index is 314. The van der Waals surface area contributed by atoms with Crippen LogP contribution in [-0.4, -0.2) is 41.0 Å². The maximum Gasteiger partial charge on any atom is 0.336 e. The van der Waals surface area contributed by atoms with Gasteiger partial charge in [0.25, 0.3) is 0 Å². The van der Waals surface area contributed by atoms with Gasteiger partial charge in [-0.05, 0) is 34.1 Å². The first kappa shape index (κ1) is 24.3. The fourth-order valence-corrected chi connectivity index (χ4v) is 8.37. The quantitative estimate of drug-likeness (QED) is 0.196. The Hall–Kier alpha value is 0.287. The average Bonchev–Trinajstić information content (AvgIpc) is 2.54. The summed E-state index contributed by atoms with van der Waals surface area (Å²) in [5, 5.41) is -0.233. The molecule has 0 heterocycles. The van der Waals surface area contributed by atoms with Crippen molar-refractivity contribution in [3.05, 3.63) is 0 Å². The van der Waals surface area contributed by atoms with Crippen molar-refractivity contribution in [1.29, 1.82) is 0 Å². The normalized spacial score (nSPS) is 13.6. The average molecular weight is 383 g/mol. The fourth-order valence-electron chi connectivity index (χ4n) is 2.76. The Morgan fingerprint density at radius 3 is 1.71 bits per heavy atom. The predicted molar refractivity (Wildman–Crippen MR) is 103 cm³/mol. The minimum Gasteiger partial charge on any atom is -0.396 e. The van der Waals surface area contributed by atoms with Crippen molar-refractivity contribution in [2.75, 3.05) is 26.4 Å². The molecular weight excluding hydrogens is 343 g/mol. The van der Waals surface area contributed by atoms with Gasteiger partial charge >= 0.3 is 16.9 Å². The third kappa shape index (κ3) is 9.69. The minimum atomic E-state index is -3.19. The molecule has 0 radical (unpaired) electrons. The Morgan fingerprint density at radius 2 is 1.25 bits per heavy atom. The van der Waals surface area contributed by atoms with Crippen molar-refractivity contribution in [3.63, 3.8) is 0 Å². The van der Waals surface area contributed by atoms with Crippen molar-refractivity contribution >= 4 is 16.9 Å². The van der Waals surface area contributed by atoms with E-state index in [4.69, 9.17) is 17.9 Å². The maximum atomic E-state index is 13.3. The second-order valence-corrected chi connectivity index (χ2v) is 10.8. The molecule has 0 aromatic heterocycles. The lowest BCUT2D eigenvalue weighted by molar-refractivity contribution is 0.187. The van der Waals surface area contributed by atoms with Crippen LogP contribution in [0.4, 0.5) is 0 Å². The molecule has 5 nitrogen and oxygen atoms in total. The molecular formula is C17H39O5PSi. The van der Waals surface area contributed by atoms with Gasteiger partial charge in [-0.3, -0.25) is 4.57 Å². The van der Waals surface area contributed by atoms with Gasteiger partial charge in [-0.15, -0.1) is 0 Å². The second kappa shape index (κ2) is 15.5. The maximum absolute atomic E-state index is 13.3. The molecule has 0 aliphatic rings. The molecule has 0 saturated heterocycles. The van der Waals surface area contributed by atoms with Gasteiger partial charge in [-0.2, -0.15) is 0 Å². The minimum absolute atomic E-state index is 0.233. The molecule has 7 heteroatoms. The van der Waals surface area contributed by atoms with E-state index in [-0.39, 0.29) is 5.28 Å². The lowest BCUT2D eigenvalue weighted by atomic mass is 10.1. The largest absolute Gasteiger partial charge is 0.396 e. The Kier molecular flexibility index (Phi) is 15.7. The van der Waals surface area contributed by atoms with Gasteiger partial charge in [0.05, 0.1) is 13.2 Å². The highest BCUT2D eigenvalue weighted by atomic mass is 31.2. The van der Waals surface area contributed by atoms with Crippen LogP contribution in [0.15, 0.2) is 0 Å². The molecule has 0 N–H and O–H groups in total. The van der Waals surface area contributed by atoms with E-state index in [0.717, 1.165) is 19.3 Å². The molecule has 0 rings (SSSR count). The fraction of sp³-hybridized carbons (Fsp3) is 1.00. The molecule has 1 unspecified atom stereocenters. The second-order valence-electron chi connectivity index (χ2n) is 5.78. The topological polar surface area (TPSA) is 54.0 Å². The monoisotopic (exact) mass is 382 g/mol. The van der Waals surface area contributed by atoms with Crippen LogP contribution in [0.1, 0.15) is 79.6 Å². The predicted octanol–water partition coefficient (Wildman–Crippen LogP) is 5.20. The van der Waals surface area contributed by atoms with Gasteiger partial charge in [-0.1, -0.05) is 45.4 Å². The van der Waals surface area contributed by atoms with Crippen molar-refractivity contribution in [1.82, 2.24) is 0 Å². The molecule has 0 aromatic carbocycles. The molecule has 146 valence electrons. The van der Waals surface area contributed by atoms with Gasteiger partial charge < -0.3 is 17.9 Å². The molecule has 24 heavy (non-hydrogen) atoms. The van der Waals surface area contributed by atoms with E-state index in [9.17, 15) is 4.57 Å². The zero-order chi connectivity index (χ0) is 18.3. The Balaban J connectivity index is 4.93. The molecule has 0 bridgehead atoms. The van der Waals surface area contributed by atoms with Gasteiger partial charge in [-0.25, -0.2) is 0 Å². The van der Waals surface area contributed by atoms with Crippen LogP contribution in [-0.2, 0) is 22.5 Å². The van der Waals surface area contributed by atoms with E-state index in [2.05, 4.69) is 6.92 Å². The van der Waals surface area contributed by atoms with Gasteiger partial charge in [0.15, 0.2) is 0 Å². The summed E-state index contributed by atoms with van der Waals surface area (Å²) in [6.45, 7) is 11.7. The summed E-state index contributed by atoms with van der Waals surface area (Å²) >= 11 is 0. The lowest BCUT2D eigenvalue weighted by Crippen LogP contribution is -2.38. The molecule has 1 atom stereocenters. The van der Waals surface area contributed by atoms with Crippen molar-refractivity contribution < 1.29 is 22.5 Å². The highest BCUT2D eigenvalue weighted by Gasteiger charge is 2.43. The summed E-state index contributed by atoms with van der Waals surface area (Å²) in [5.74, 6) is 0. The molecule has 0 fully saturated rings.